The molecule has 0 saturated heterocycles. The average Bonchev–Trinajstić information content (AvgIpc) is 3.13. The average molecular weight is 416 g/mol. The Morgan fingerprint density at radius 3 is 2.38 bits per heavy atom. The van der Waals surface area contributed by atoms with Crippen LogP contribution in [0.15, 0.2) is 36.4 Å². The summed E-state index contributed by atoms with van der Waals surface area (Å²) in [6.45, 7) is 0. The zero-order chi connectivity index (χ0) is 21.2. The lowest BCUT2D eigenvalue weighted by molar-refractivity contribution is -0.137. The summed E-state index contributed by atoms with van der Waals surface area (Å²) in [6.07, 6.45) is -2.77. The molecule has 1 aromatic carbocycles. The Morgan fingerprint density at radius 2 is 1.79 bits per heavy atom. The molecule has 0 atom stereocenters. The molecule has 3 aromatic rings. The molecule has 2 heterocycles. The van der Waals surface area contributed by atoms with Gasteiger partial charge < -0.3 is 10.6 Å². The highest BCUT2D eigenvalue weighted by Crippen LogP contribution is 2.34. The van der Waals surface area contributed by atoms with E-state index in [-0.39, 0.29) is 17.3 Å². The predicted octanol–water partition coefficient (Wildman–Crippen LogP) is 4.33. The molecule has 0 radical (unpaired) electrons. The number of alkyl halides is 3. The number of anilines is 2. The van der Waals surface area contributed by atoms with Gasteiger partial charge in [0.25, 0.3) is 0 Å². The van der Waals surface area contributed by atoms with Crippen molar-refractivity contribution in [3.63, 3.8) is 0 Å². The van der Waals surface area contributed by atoms with Crippen LogP contribution in [-0.4, -0.2) is 29.0 Å². The van der Waals surface area contributed by atoms with E-state index in [1.807, 2.05) is 6.07 Å². The van der Waals surface area contributed by atoms with E-state index < -0.39 is 11.7 Å². The first-order chi connectivity index (χ1) is 13.7. The van der Waals surface area contributed by atoms with Gasteiger partial charge in [0, 0.05) is 23.8 Å². The zero-order valence-electron chi connectivity index (χ0n) is 15.4. The first kappa shape index (κ1) is 20.3. The van der Waals surface area contributed by atoms with E-state index >= 15 is 0 Å². The van der Waals surface area contributed by atoms with Gasteiger partial charge >= 0.3 is 6.18 Å². The lowest BCUT2D eigenvalue weighted by atomic mass is 10.1. The van der Waals surface area contributed by atoms with E-state index in [9.17, 15) is 18.4 Å². The monoisotopic (exact) mass is 416 g/mol. The zero-order valence-corrected chi connectivity index (χ0v) is 16.2. The fourth-order valence-corrected chi connectivity index (χ4v) is 3.36. The molecule has 2 aromatic heterocycles. The van der Waals surface area contributed by atoms with Gasteiger partial charge in [-0.15, -0.1) is 11.3 Å². The number of allylic oxidation sites excluding steroid dienone is 1. The predicted molar refractivity (Wildman–Crippen MR) is 107 cm³/mol. The molecule has 2 N–H and O–H groups in total. The summed E-state index contributed by atoms with van der Waals surface area (Å²) in [7, 11) is 3.48. The van der Waals surface area contributed by atoms with E-state index in [1.165, 1.54) is 23.5 Å². The number of rotatable bonds is 4. The van der Waals surface area contributed by atoms with Crippen molar-refractivity contribution in [1.82, 2.24) is 15.0 Å². The number of nitrogens with zero attached hydrogens (tertiary/aromatic N) is 5. The molecule has 0 saturated carbocycles. The molecule has 0 aliphatic carbocycles. The fourth-order valence-electron chi connectivity index (χ4n) is 2.40. The molecule has 10 heteroatoms. The van der Waals surface area contributed by atoms with Crippen LogP contribution in [0.1, 0.15) is 16.3 Å². The molecule has 0 unspecified atom stereocenters. The van der Waals surface area contributed by atoms with Crippen molar-refractivity contribution in [2.45, 2.75) is 6.18 Å². The van der Waals surface area contributed by atoms with Gasteiger partial charge in [0.15, 0.2) is 5.82 Å². The van der Waals surface area contributed by atoms with Crippen LogP contribution >= 0.6 is 11.3 Å². The SMILES string of the molecule is CN(C)c1nc(N)nc(/C(C#N)=C\c2ccc(-c3ccc(C(F)(F)F)cc3)s2)n1. The van der Waals surface area contributed by atoms with Crippen LogP contribution in [0.2, 0.25) is 0 Å². The van der Waals surface area contributed by atoms with Crippen molar-refractivity contribution in [2.75, 3.05) is 24.7 Å². The van der Waals surface area contributed by atoms with Crippen LogP contribution in [0.5, 0.6) is 0 Å². The van der Waals surface area contributed by atoms with E-state index in [0.717, 1.165) is 21.9 Å². The van der Waals surface area contributed by atoms with Gasteiger partial charge in [-0.1, -0.05) is 12.1 Å². The highest BCUT2D eigenvalue weighted by atomic mass is 32.1. The lowest BCUT2D eigenvalue weighted by Gasteiger charge is -2.10. The van der Waals surface area contributed by atoms with Gasteiger partial charge in [0.1, 0.15) is 6.07 Å². The minimum Gasteiger partial charge on any atom is -0.368 e. The molecule has 0 aliphatic rings. The van der Waals surface area contributed by atoms with Crippen LogP contribution < -0.4 is 10.6 Å². The Hall–Kier alpha value is -3.45. The van der Waals surface area contributed by atoms with Gasteiger partial charge in [-0.25, -0.2) is 0 Å². The van der Waals surface area contributed by atoms with Gasteiger partial charge in [0.05, 0.1) is 11.1 Å². The Labute approximate surface area is 168 Å². The van der Waals surface area contributed by atoms with Gasteiger partial charge in [-0.3, -0.25) is 0 Å². The van der Waals surface area contributed by atoms with Crippen molar-refractivity contribution in [2.24, 2.45) is 0 Å². The van der Waals surface area contributed by atoms with Crippen LogP contribution in [0.3, 0.4) is 0 Å². The third-order valence-corrected chi connectivity index (χ3v) is 4.89. The van der Waals surface area contributed by atoms with Crippen LogP contribution in [0.25, 0.3) is 22.1 Å². The van der Waals surface area contributed by atoms with Gasteiger partial charge in [0.2, 0.25) is 11.9 Å². The number of nitrogen functional groups attached to an aromatic ring is 1. The van der Waals surface area contributed by atoms with Crippen molar-refractivity contribution >= 4 is 34.9 Å². The molecule has 0 fully saturated rings. The number of halogens is 3. The second-order valence-electron chi connectivity index (χ2n) is 6.16. The largest absolute Gasteiger partial charge is 0.416 e. The molecular weight excluding hydrogens is 401 g/mol. The van der Waals surface area contributed by atoms with Crippen LogP contribution in [0, 0.1) is 11.3 Å². The fraction of sp³-hybridized carbons (Fsp3) is 0.158. The van der Waals surface area contributed by atoms with E-state index in [4.69, 9.17) is 5.73 Å². The number of hydrogen-bond donors (Lipinski definition) is 1. The number of nitrogens with two attached hydrogens (primary N) is 1. The molecule has 3 rings (SSSR count). The first-order valence-electron chi connectivity index (χ1n) is 8.26. The molecule has 0 amide bonds. The van der Waals surface area contributed by atoms with Crippen molar-refractivity contribution in [3.05, 3.63) is 52.7 Å². The molecular formula is C19H15F3N6S. The van der Waals surface area contributed by atoms with Gasteiger partial charge in [-0.05, 0) is 35.9 Å². The molecule has 148 valence electrons. The van der Waals surface area contributed by atoms with Crippen LogP contribution in [0.4, 0.5) is 25.1 Å². The van der Waals surface area contributed by atoms with E-state index in [0.29, 0.717) is 11.5 Å². The maximum absolute atomic E-state index is 12.7. The normalized spacial score (nSPS) is 11.9. The van der Waals surface area contributed by atoms with Crippen molar-refractivity contribution < 1.29 is 13.2 Å². The summed E-state index contributed by atoms with van der Waals surface area (Å²) in [6, 6.07) is 10.5. The Bertz CT molecular complexity index is 1090. The molecule has 29 heavy (non-hydrogen) atoms. The second kappa shape index (κ2) is 7.89. The second-order valence-corrected chi connectivity index (χ2v) is 7.27. The summed E-state index contributed by atoms with van der Waals surface area (Å²) in [5, 5.41) is 9.52. The Morgan fingerprint density at radius 1 is 1.10 bits per heavy atom. The quantitative estimate of drug-likeness (QED) is 0.637. The molecule has 0 bridgehead atoms. The number of aromatic nitrogens is 3. The number of nitriles is 1. The summed E-state index contributed by atoms with van der Waals surface area (Å²) >= 11 is 1.33. The molecule has 0 spiro atoms. The lowest BCUT2D eigenvalue weighted by Crippen LogP contribution is -2.15. The first-order valence-corrected chi connectivity index (χ1v) is 9.07. The highest BCUT2D eigenvalue weighted by Gasteiger charge is 2.30. The minimum absolute atomic E-state index is 0.00327. The van der Waals surface area contributed by atoms with Gasteiger partial charge in [-0.2, -0.15) is 33.4 Å². The van der Waals surface area contributed by atoms with Crippen LogP contribution in [-0.2, 0) is 6.18 Å². The number of hydrogen-bond acceptors (Lipinski definition) is 7. The third-order valence-electron chi connectivity index (χ3n) is 3.81. The van der Waals surface area contributed by atoms with Crippen molar-refractivity contribution in [3.8, 4) is 16.5 Å². The minimum atomic E-state index is -4.37. The smallest absolute Gasteiger partial charge is 0.368 e. The third kappa shape index (κ3) is 4.70. The highest BCUT2D eigenvalue weighted by molar-refractivity contribution is 7.16. The summed E-state index contributed by atoms with van der Waals surface area (Å²) in [5.74, 6) is 0.468. The Balaban J connectivity index is 1.91. The maximum Gasteiger partial charge on any atom is 0.416 e. The van der Waals surface area contributed by atoms with Crippen molar-refractivity contribution in [1.29, 1.82) is 5.26 Å². The maximum atomic E-state index is 12.7. The number of benzene rings is 1. The summed E-state index contributed by atoms with van der Waals surface area (Å²) in [5.41, 5.74) is 5.85. The Kier molecular flexibility index (Phi) is 5.52. The van der Waals surface area contributed by atoms with E-state index in [1.54, 1.807) is 37.2 Å². The molecule has 0 aliphatic heterocycles. The van der Waals surface area contributed by atoms with E-state index in [2.05, 4.69) is 15.0 Å². The molecule has 6 nitrogen and oxygen atoms in total. The standard InChI is InChI=1S/C19H15F3N6S/c1-28(2)18-26-16(25-17(24)27-18)12(10-23)9-14-7-8-15(29-14)11-3-5-13(6-4-11)19(20,21)22/h3-9H,1-2H3,(H2,24,25,26,27)/b12-9-. The topological polar surface area (TPSA) is 91.7 Å². The summed E-state index contributed by atoms with van der Waals surface area (Å²) in [4.78, 5) is 15.4. The number of thiophene rings is 1. The summed E-state index contributed by atoms with van der Waals surface area (Å²) < 4.78 is 38.1.